The number of aromatic nitrogens is 6. The standard InChI is InChI=1S/C39H24N6O2.2Pd/c1-25-17-31-32-18-26(2)38(47-30-12-8-10-28(20-30)34-14-4-6-16-42-34)22-36(32)45(39-43-23-40-24-44-39)35(31)21-37(25)46-29-11-7-9-27(19-29)33-13-3-5-15-41-33;;/h3-18,23-24H,1-2H3;;/q-4;2*+2. The molecule has 0 unspecified atom stereocenters. The molecule has 4 aromatic carbocycles. The summed E-state index contributed by atoms with van der Waals surface area (Å²) >= 11 is 0. The third kappa shape index (κ3) is 6.78. The van der Waals surface area contributed by atoms with Gasteiger partial charge in [0.2, 0.25) is 5.95 Å². The van der Waals surface area contributed by atoms with Crippen molar-refractivity contribution in [2.45, 2.75) is 13.8 Å². The van der Waals surface area contributed by atoms with Gasteiger partial charge in [-0.1, -0.05) is 61.3 Å². The van der Waals surface area contributed by atoms with Crippen LogP contribution in [0, 0.1) is 38.1 Å². The molecule has 242 valence electrons. The molecule has 8 nitrogen and oxygen atoms in total. The fourth-order valence-electron chi connectivity index (χ4n) is 5.46. The zero-order valence-electron chi connectivity index (χ0n) is 26.0. The molecule has 0 saturated carbocycles. The minimum Gasteiger partial charge on any atom is -0.503 e. The number of hydrogen-bond acceptors (Lipinski definition) is 7. The van der Waals surface area contributed by atoms with E-state index < -0.39 is 0 Å². The van der Waals surface area contributed by atoms with Gasteiger partial charge in [0.25, 0.3) is 0 Å². The molecule has 4 heterocycles. The number of hydrogen-bond donors (Lipinski definition) is 0. The first-order valence-electron chi connectivity index (χ1n) is 14.9. The Morgan fingerprint density at radius 2 is 1.04 bits per heavy atom. The van der Waals surface area contributed by atoms with Gasteiger partial charge in [0, 0.05) is 35.4 Å². The van der Waals surface area contributed by atoms with E-state index in [0.717, 1.165) is 55.4 Å². The number of nitrogens with zero attached hydrogens (tertiary/aromatic N) is 6. The van der Waals surface area contributed by atoms with Gasteiger partial charge in [-0.05, 0) is 23.5 Å². The van der Waals surface area contributed by atoms with E-state index in [1.807, 2.05) is 91.2 Å². The molecule has 0 aliphatic carbocycles. The average Bonchev–Trinajstić information content (AvgIpc) is 3.41. The molecular weight excluding hydrogens is 797 g/mol. The van der Waals surface area contributed by atoms with Crippen LogP contribution in [0.4, 0.5) is 0 Å². The maximum absolute atomic E-state index is 6.39. The van der Waals surface area contributed by atoms with Crippen LogP contribution in [0.1, 0.15) is 11.1 Å². The zero-order valence-corrected chi connectivity index (χ0v) is 29.1. The maximum Gasteiger partial charge on any atom is 2.00 e. The van der Waals surface area contributed by atoms with Gasteiger partial charge in [0.15, 0.2) is 0 Å². The molecule has 0 atom stereocenters. The molecular formula is C39H24N6O2Pd2. The Hall–Kier alpha value is -5.09. The van der Waals surface area contributed by atoms with E-state index in [-0.39, 0.29) is 40.8 Å². The van der Waals surface area contributed by atoms with Crippen LogP contribution in [-0.4, -0.2) is 29.5 Å². The van der Waals surface area contributed by atoms with E-state index in [1.54, 1.807) is 12.4 Å². The Bertz CT molecular complexity index is 2240. The summed E-state index contributed by atoms with van der Waals surface area (Å²) in [6.07, 6.45) is 6.45. The van der Waals surface area contributed by atoms with Gasteiger partial charge in [0.1, 0.15) is 12.7 Å². The van der Waals surface area contributed by atoms with Crippen LogP contribution in [0.25, 0.3) is 50.3 Å². The van der Waals surface area contributed by atoms with E-state index >= 15 is 0 Å². The van der Waals surface area contributed by atoms with Gasteiger partial charge in [-0.3, -0.25) is 0 Å². The van der Waals surface area contributed by atoms with Crippen molar-refractivity contribution < 1.29 is 50.3 Å². The van der Waals surface area contributed by atoms with Crippen LogP contribution in [0.2, 0.25) is 0 Å². The quantitative estimate of drug-likeness (QED) is 0.118. The molecule has 10 heteroatoms. The van der Waals surface area contributed by atoms with Crippen LogP contribution in [-0.2, 0) is 40.8 Å². The first-order chi connectivity index (χ1) is 23.1. The van der Waals surface area contributed by atoms with Crippen molar-refractivity contribution in [3.8, 4) is 51.5 Å². The Balaban J connectivity index is 0.00000208. The third-order valence-corrected chi connectivity index (χ3v) is 7.67. The van der Waals surface area contributed by atoms with E-state index in [2.05, 4.69) is 61.3 Å². The predicted molar refractivity (Wildman–Crippen MR) is 178 cm³/mol. The Morgan fingerprint density at radius 1 is 0.551 bits per heavy atom. The van der Waals surface area contributed by atoms with Crippen molar-refractivity contribution in [2.24, 2.45) is 0 Å². The van der Waals surface area contributed by atoms with Crippen LogP contribution < -0.4 is 9.47 Å². The first-order valence-corrected chi connectivity index (χ1v) is 14.9. The number of aryl methyl sites for hydroxylation is 2. The summed E-state index contributed by atoms with van der Waals surface area (Å²) in [6.45, 7) is 4.00. The summed E-state index contributed by atoms with van der Waals surface area (Å²) in [7, 11) is 0. The van der Waals surface area contributed by atoms with E-state index in [0.29, 0.717) is 28.9 Å². The predicted octanol–water partition coefficient (Wildman–Crippen LogP) is 8.49. The maximum atomic E-state index is 6.39. The molecule has 8 aromatic rings. The third-order valence-electron chi connectivity index (χ3n) is 7.67. The minimum atomic E-state index is 0. The number of rotatable bonds is 7. The van der Waals surface area contributed by atoms with Crippen molar-refractivity contribution >= 4 is 21.8 Å². The smallest absolute Gasteiger partial charge is 0.503 e. The molecule has 49 heavy (non-hydrogen) atoms. The van der Waals surface area contributed by atoms with Gasteiger partial charge in [-0.2, -0.15) is 22.9 Å². The van der Waals surface area contributed by atoms with Crippen LogP contribution >= 0.6 is 0 Å². The molecule has 0 saturated heterocycles. The van der Waals surface area contributed by atoms with Crippen molar-refractivity contribution in [2.75, 3.05) is 0 Å². The topological polar surface area (TPSA) is 87.8 Å². The fraction of sp³-hybridized carbons (Fsp3) is 0.0513. The molecule has 0 radical (unpaired) electrons. The van der Waals surface area contributed by atoms with E-state index in [1.165, 1.54) is 12.7 Å². The molecule has 0 spiro atoms. The molecule has 0 N–H and O–H groups in total. The fourth-order valence-corrected chi connectivity index (χ4v) is 5.46. The summed E-state index contributed by atoms with van der Waals surface area (Å²) in [6, 6.07) is 40.9. The van der Waals surface area contributed by atoms with Gasteiger partial charge in [0.05, 0.1) is 0 Å². The van der Waals surface area contributed by atoms with Gasteiger partial charge >= 0.3 is 40.8 Å². The summed E-state index contributed by atoms with van der Waals surface area (Å²) in [5.41, 5.74) is 6.56. The van der Waals surface area contributed by atoms with Gasteiger partial charge in [-0.15, -0.1) is 70.8 Å². The van der Waals surface area contributed by atoms with Crippen LogP contribution in [0.15, 0.2) is 110 Å². The second-order valence-corrected chi connectivity index (χ2v) is 10.9. The molecule has 0 bridgehead atoms. The molecule has 8 rings (SSSR count). The first kappa shape index (κ1) is 33.8. The molecule has 0 fully saturated rings. The number of benzene rings is 4. The summed E-state index contributed by atoms with van der Waals surface area (Å²) < 4.78 is 14.7. The second kappa shape index (κ2) is 14.6. The monoisotopic (exact) mass is 820 g/mol. The van der Waals surface area contributed by atoms with Crippen LogP contribution in [0.3, 0.4) is 0 Å². The molecule has 0 aliphatic rings. The normalized spacial score (nSPS) is 10.7. The largest absolute Gasteiger partial charge is 2.00 e. The van der Waals surface area contributed by atoms with Gasteiger partial charge in [-0.25, -0.2) is 15.0 Å². The summed E-state index contributed by atoms with van der Waals surface area (Å²) in [5, 5.41) is 1.90. The Kier molecular flexibility index (Phi) is 10.1. The average molecular weight is 822 g/mol. The number of ether oxygens (including phenoxy) is 2. The van der Waals surface area contributed by atoms with Crippen molar-refractivity contribution in [1.29, 1.82) is 0 Å². The van der Waals surface area contributed by atoms with Crippen molar-refractivity contribution in [3.63, 3.8) is 0 Å². The SMILES string of the molecule is Cc1cc2c3cc(C)c(Oc4[c-]c(-c5ccccn5)ccc4)[c-]c3n(-c3ncncn3)c2[c-]c1Oc1[c-]c(-c2ccccn2)ccc1.[Pd+2].[Pd+2]. The molecule has 0 aliphatic heterocycles. The number of fused-ring (bicyclic) bond motifs is 3. The second-order valence-electron chi connectivity index (χ2n) is 10.9. The van der Waals surface area contributed by atoms with Crippen molar-refractivity contribution in [1.82, 2.24) is 29.5 Å². The van der Waals surface area contributed by atoms with E-state index in [4.69, 9.17) is 9.47 Å². The van der Waals surface area contributed by atoms with Gasteiger partial charge < -0.3 is 24.0 Å². The minimum absolute atomic E-state index is 0. The molecule has 4 aromatic heterocycles. The Labute approximate surface area is 310 Å². The zero-order chi connectivity index (χ0) is 31.7. The molecule has 0 amide bonds. The van der Waals surface area contributed by atoms with Crippen molar-refractivity contribution in [3.05, 3.63) is 145 Å². The Morgan fingerprint density at radius 3 is 1.49 bits per heavy atom. The van der Waals surface area contributed by atoms with E-state index in [9.17, 15) is 0 Å². The van der Waals surface area contributed by atoms with Crippen LogP contribution in [0.5, 0.6) is 23.0 Å². The number of pyridine rings is 2. The summed E-state index contributed by atoms with van der Waals surface area (Å²) in [4.78, 5) is 21.9. The summed E-state index contributed by atoms with van der Waals surface area (Å²) in [5.74, 6) is 2.64.